The van der Waals surface area contributed by atoms with Crippen molar-refractivity contribution in [3.63, 3.8) is 0 Å². The number of hydrogen-bond acceptors (Lipinski definition) is 6. The molecule has 0 spiro atoms. The molecule has 2 aromatic heterocycles. The molecule has 0 saturated carbocycles. The third kappa shape index (κ3) is 5.23. The Kier molecular flexibility index (Phi) is 6.48. The quantitative estimate of drug-likeness (QED) is 0.388. The van der Waals surface area contributed by atoms with Gasteiger partial charge in [-0.3, -0.25) is 0 Å². The molecule has 1 aromatic carbocycles. The third-order valence-corrected chi connectivity index (χ3v) is 6.88. The minimum Gasteiger partial charge on any atom is -0.439 e. The Morgan fingerprint density at radius 3 is 1.25 bits per heavy atom. The Balaban J connectivity index is 1.41. The van der Waals surface area contributed by atoms with E-state index in [1.807, 2.05) is 24.3 Å². The van der Waals surface area contributed by atoms with E-state index in [1.54, 1.807) is 0 Å². The van der Waals surface area contributed by atoms with Crippen molar-refractivity contribution >= 4 is 0 Å². The highest BCUT2D eigenvalue weighted by atomic mass is 16.5. The van der Waals surface area contributed by atoms with E-state index in [2.05, 4.69) is 41.5 Å². The van der Waals surface area contributed by atoms with Crippen molar-refractivity contribution in [3.05, 3.63) is 58.4 Å². The molecule has 0 N–H and O–H groups in total. The maximum Gasteiger partial charge on any atom is 0.226 e. The van der Waals surface area contributed by atoms with Gasteiger partial charge in [-0.1, -0.05) is 41.5 Å². The Bertz CT molecular complexity index is 1160. The normalized spacial score (nSPS) is 15.7. The fourth-order valence-corrected chi connectivity index (χ4v) is 4.76. The highest BCUT2D eigenvalue weighted by molar-refractivity contribution is 5.42. The Morgan fingerprint density at radius 2 is 0.889 bits per heavy atom. The van der Waals surface area contributed by atoms with E-state index in [0.29, 0.717) is 11.8 Å². The van der Waals surface area contributed by atoms with Crippen molar-refractivity contribution in [1.29, 1.82) is 0 Å². The minimum absolute atomic E-state index is 0.134. The molecule has 0 radical (unpaired) electrons. The number of hydrogen-bond donors (Lipinski definition) is 0. The van der Waals surface area contributed by atoms with Crippen LogP contribution in [0.4, 0.5) is 0 Å². The van der Waals surface area contributed by atoms with Crippen LogP contribution in [0, 0.1) is 0 Å². The molecule has 190 valence electrons. The molecule has 0 atom stereocenters. The second-order valence-electron chi connectivity index (χ2n) is 12.1. The molecule has 5 rings (SSSR count). The van der Waals surface area contributed by atoms with Crippen molar-refractivity contribution in [2.45, 2.75) is 104 Å². The highest BCUT2D eigenvalue weighted by Gasteiger charge is 2.26. The Morgan fingerprint density at radius 1 is 0.528 bits per heavy atom. The van der Waals surface area contributed by atoms with Gasteiger partial charge in [0.2, 0.25) is 11.8 Å². The van der Waals surface area contributed by atoms with E-state index in [9.17, 15) is 0 Å². The molecule has 0 aliphatic heterocycles. The average molecular weight is 487 g/mol. The molecule has 0 fully saturated rings. The highest BCUT2D eigenvalue weighted by Crippen LogP contribution is 2.36. The average Bonchev–Trinajstić information content (AvgIpc) is 2.84. The zero-order valence-corrected chi connectivity index (χ0v) is 22.6. The molecule has 3 aromatic rings. The second kappa shape index (κ2) is 9.45. The van der Waals surface area contributed by atoms with Crippen molar-refractivity contribution in [3.8, 4) is 23.3 Å². The summed E-state index contributed by atoms with van der Waals surface area (Å²) in [6.07, 6.45) is 8.54. The van der Waals surface area contributed by atoms with E-state index in [-0.39, 0.29) is 10.8 Å². The third-order valence-electron chi connectivity index (χ3n) is 6.88. The number of aromatic nitrogens is 4. The van der Waals surface area contributed by atoms with Crippen LogP contribution in [0.2, 0.25) is 0 Å². The fourth-order valence-electron chi connectivity index (χ4n) is 4.76. The lowest BCUT2D eigenvalue weighted by Gasteiger charge is -2.24. The lowest BCUT2D eigenvalue weighted by Crippen LogP contribution is -2.20. The molecule has 6 nitrogen and oxygen atoms in total. The number of rotatable bonds is 4. The summed E-state index contributed by atoms with van der Waals surface area (Å²) in [4.78, 5) is 19.5. The van der Waals surface area contributed by atoms with Gasteiger partial charge in [-0.25, -0.2) is 9.97 Å². The summed E-state index contributed by atoms with van der Waals surface area (Å²) in [6.45, 7) is 12.9. The number of benzene rings is 1. The summed E-state index contributed by atoms with van der Waals surface area (Å²) in [7, 11) is 0. The molecule has 2 aliphatic carbocycles. The molecule has 36 heavy (non-hydrogen) atoms. The monoisotopic (exact) mass is 486 g/mol. The molecular weight excluding hydrogens is 448 g/mol. The topological polar surface area (TPSA) is 70.0 Å². The summed E-state index contributed by atoms with van der Waals surface area (Å²) >= 11 is 0. The van der Waals surface area contributed by atoms with Gasteiger partial charge in [0, 0.05) is 22.0 Å². The molecule has 2 aliphatic rings. The van der Waals surface area contributed by atoms with Gasteiger partial charge in [-0.15, -0.1) is 0 Å². The van der Waals surface area contributed by atoms with E-state index in [0.717, 1.165) is 84.2 Å². The predicted molar refractivity (Wildman–Crippen MR) is 141 cm³/mol. The van der Waals surface area contributed by atoms with E-state index >= 15 is 0 Å². The number of nitrogens with zero attached hydrogens (tertiary/aromatic N) is 4. The van der Waals surface area contributed by atoms with Crippen LogP contribution < -0.4 is 9.47 Å². The van der Waals surface area contributed by atoms with Crippen LogP contribution in [0.25, 0.3) is 0 Å². The van der Waals surface area contributed by atoms with Crippen molar-refractivity contribution in [2.24, 2.45) is 0 Å². The van der Waals surface area contributed by atoms with Gasteiger partial charge < -0.3 is 9.47 Å². The first kappa shape index (κ1) is 24.7. The van der Waals surface area contributed by atoms with Gasteiger partial charge >= 0.3 is 0 Å². The standard InChI is InChI=1S/C30H38N4O2/c1-29(2,3)27-31-23-13-9-7-11-21(23)25(33-27)35-19-15-17-20(18-16-19)36-26-22-12-8-10-14-24(22)32-28(34-26)30(4,5)6/h15-18H,7-14H2,1-6H3. The minimum atomic E-state index is -0.134. The zero-order valence-electron chi connectivity index (χ0n) is 22.6. The summed E-state index contributed by atoms with van der Waals surface area (Å²) in [5.74, 6) is 4.54. The van der Waals surface area contributed by atoms with Crippen LogP contribution in [0.1, 0.15) is 101 Å². The summed E-state index contributed by atoms with van der Waals surface area (Å²) in [5.41, 5.74) is 4.31. The van der Waals surface area contributed by atoms with E-state index in [4.69, 9.17) is 29.4 Å². The van der Waals surface area contributed by atoms with Crippen molar-refractivity contribution in [2.75, 3.05) is 0 Å². The van der Waals surface area contributed by atoms with Crippen molar-refractivity contribution in [1.82, 2.24) is 19.9 Å². The van der Waals surface area contributed by atoms with Gasteiger partial charge in [0.15, 0.2) is 0 Å². The first-order valence-corrected chi connectivity index (χ1v) is 13.3. The molecular formula is C30H38N4O2. The largest absolute Gasteiger partial charge is 0.439 e. The molecule has 0 unspecified atom stereocenters. The molecule has 0 saturated heterocycles. The Hall–Kier alpha value is -3.02. The van der Waals surface area contributed by atoms with Gasteiger partial charge in [0.25, 0.3) is 0 Å². The maximum absolute atomic E-state index is 6.34. The Labute approximate surface area is 214 Å². The first-order valence-electron chi connectivity index (χ1n) is 13.3. The van der Waals surface area contributed by atoms with Gasteiger partial charge in [-0.05, 0) is 75.6 Å². The lowest BCUT2D eigenvalue weighted by molar-refractivity contribution is 0.421. The number of aryl methyl sites for hydroxylation is 2. The van der Waals surface area contributed by atoms with Crippen LogP contribution in [0.5, 0.6) is 23.3 Å². The number of fused-ring (bicyclic) bond motifs is 2. The first-order chi connectivity index (χ1) is 17.1. The molecule has 2 heterocycles. The van der Waals surface area contributed by atoms with Crippen molar-refractivity contribution < 1.29 is 9.47 Å². The summed E-state index contributed by atoms with van der Waals surface area (Å²) < 4.78 is 12.7. The van der Waals surface area contributed by atoms with Gasteiger partial charge in [-0.2, -0.15) is 9.97 Å². The molecule has 6 heteroatoms. The van der Waals surface area contributed by atoms with Gasteiger partial charge in [0.05, 0.1) is 11.4 Å². The van der Waals surface area contributed by atoms with Crippen LogP contribution in [0.3, 0.4) is 0 Å². The summed E-state index contributed by atoms with van der Waals surface area (Å²) in [6, 6.07) is 7.78. The smallest absolute Gasteiger partial charge is 0.226 e. The van der Waals surface area contributed by atoms with E-state index < -0.39 is 0 Å². The van der Waals surface area contributed by atoms with Gasteiger partial charge in [0.1, 0.15) is 23.1 Å². The van der Waals surface area contributed by atoms with E-state index in [1.165, 1.54) is 12.8 Å². The lowest BCUT2D eigenvalue weighted by atomic mass is 9.92. The van der Waals surface area contributed by atoms with Crippen LogP contribution in [-0.4, -0.2) is 19.9 Å². The maximum atomic E-state index is 6.34. The van der Waals surface area contributed by atoms with Crippen LogP contribution >= 0.6 is 0 Å². The molecule has 0 amide bonds. The number of ether oxygens (including phenoxy) is 2. The predicted octanol–water partition coefficient (Wildman–Crippen LogP) is 7.20. The summed E-state index contributed by atoms with van der Waals surface area (Å²) in [5, 5.41) is 0. The molecule has 0 bridgehead atoms. The SMILES string of the molecule is CC(C)(C)c1nc2c(c(Oc3ccc(Oc4nc(C(C)(C)C)nc5c4CCCC5)cc3)n1)CCCC2. The second-order valence-corrected chi connectivity index (χ2v) is 12.1. The fraction of sp³-hybridized carbons (Fsp3) is 0.533. The van der Waals surface area contributed by atoms with Crippen LogP contribution in [0.15, 0.2) is 24.3 Å². The van der Waals surface area contributed by atoms with Crippen LogP contribution in [-0.2, 0) is 36.5 Å². The zero-order chi connectivity index (χ0) is 25.5.